The van der Waals surface area contributed by atoms with Crippen molar-refractivity contribution in [2.75, 3.05) is 45.2 Å². The van der Waals surface area contributed by atoms with Gasteiger partial charge in [-0.15, -0.1) is 0 Å². The van der Waals surface area contributed by atoms with E-state index in [4.69, 9.17) is 0 Å². The molecule has 1 fully saturated rings. The third-order valence-corrected chi connectivity index (χ3v) is 5.41. The second kappa shape index (κ2) is 9.43. The molecule has 0 radical (unpaired) electrons. The molecule has 0 aliphatic carbocycles. The zero-order chi connectivity index (χ0) is 18.4. The van der Waals surface area contributed by atoms with Gasteiger partial charge in [0.1, 0.15) is 0 Å². The predicted molar refractivity (Wildman–Crippen MR) is 108 cm³/mol. The first-order chi connectivity index (χ1) is 11.9. The molecular weight excluding hydrogens is 380 g/mol. The molecule has 5 nitrogen and oxygen atoms in total. The van der Waals surface area contributed by atoms with Crippen molar-refractivity contribution in [1.82, 2.24) is 15.5 Å². The second-order valence-corrected chi connectivity index (χ2v) is 8.36. The van der Waals surface area contributed by atoms with E-state index in [1.54, 1.807) is 0 Å². The van der Waals surface area contributed by atoms with Gasteiger partial charge in [0.15, 0.2) is 0 Å². The summed E-state index contributed by atoms with van der Waals surface area (Å²) in [6.07, 6.45) is 1.11. The lowest BCUT2D eigenvalue weighted by molar-refractivity contribution is 0.212. The van der Waals surface area contributed by atoms with Gasteiger partial charge in [-0.25, -0.2) is 4.79 Å². The highest BCUT2D eigenvalue weighted by Crippen LogP contribution is 2.25. The average Bonchev–Trinajstić information content (AvgIpc) is 3.01. The fraction of sp³-hybridized carbons (Fsp3) is 0.632. The number of nitrogens with zero attached hydrogens (tertiary/aromatic N) is 2. The first kappa shape index (κ1) is 20.0. The first-order valence-corrected chi connectivity index (χ1v) is 9.84. The van der Waals surface area contributed by atoms with E-state index in [1.165, 1.54) is 5.69 Å². The Bertz CT molecular complexity index is 556. The summed E-state index contributed by atoms with van der Waals surface area (Å²) in [6, 6.07) is 8.68. The maximum absolute atomic E-state index is 12.1. The van der Waals surface area contributed by atoms with Crippen LogP contribution in [0.3, 0.4) is 0 Å². The molecule has 140 valence electrons. The highest BCUT2D eigenvalue weighted by atomic mass is 79.9. The van der Waals surface area contributed by atoms with Crippen LogP contribution in [-0.2, 0) is 0 Å². The van der Waals surface area contributed by atoms with Crippen LogP contribution < -0.4 is 15.5 Å². The van der Waals surface area contributed by atoms with Gasteiger partial charge >= 0.3 is 6.03 Å². The summed E-state index contributed by atoms with van der Waals surface area (Å²) in [5, 5.41) is 6.04. The highest BCUT2D eigenvalue weighted by molar-refractivity contribution is 9.10. The average molecular weight is 411 g/mol. The molecule has 1 aromatic rings. The Kier molecular flexibility index (Phi) is 7.56. The molecule has 2 atom stereocenters. The lowest BCUT2D eigenvalue weighted by atomic mass is 10.0. The highest BCUT2D eigenvalue weighted by Gasteiger charge is 2.23. The van der Waals surface area contributed by atoms with Crippen molar-refractivity contribution >= 4 is 27.6 Å². The van der Waals surface area contributed by atoms with Gasteiger partial charge in [-0.2, -0.15) is 0 Å². The Morgan fingerprint density at radius 2 is 2.12 bits per heavy atom. The van der Waals surface area contributed by atoms with E-state index in [-0.39, 0.29) is 6.03 Å². The Hall–Kier alpha value is -1.27. The fourth-order valence-corrected chi connectivity index (χ4v) is 3.81. The van der Waals surface area contributed by atoms with Crippen molar-refractivity contribution in [3.05, 3.63) is 28.7 Å². The summed E-state index contributed by atoms with van der Waals surface area (Å²) in [5.74, 6) is 1.00. The van der Waals surface area contributed by atoms with Crippen LogP contribution in [0.5, 0.6) is 0 Å². The van der Waals surface area contributed by atoms with E-state index in [9.17, 15) is 4.79 Å². The molecule has 0 bridgehead atoms. The molecule has 25 heavy (non-hydrogen) atoms. The molecule has 2 amide bonds. The van der Waals surface area contributed by atoms with Gasteiger partial charge in [0.2, 0.25) is 0 Å². The maximum Gasteiger partial charge on any atom is 0.314 e. The van der Waals surface area contributed by atoms with Crippen LogP contribution in [0, 0.1) is 11.8 Å². The van der Waals surface area contributed by atoms with Crippen LogP contribution in [0.25, 0.3) is 0 Å². The number of likely N-dealkylation sites (N-methyl/N-ethyl adjacent to an activating group) is 1. The number of hydrogen-bond acceptors (Lipinski definition) is 3. The molecule has 1 saturated heterocycles. The quantitative estimate of drug-likeness (QED) is 0.725. The third-order valence-electron chi connectivity index (χ3n) is 4.92. The normalized spacial score (nSPS) is 18.7. The molecule has 0 saturated carbocycles. The van der Waals surface area contributed by atoms with Gasteiger partial charge in [0.05, 0.1) is 0 Å². The lowest BCUT2D eigenvalue weighted by Crippen LogP contribution is -2.47. The number of urea groups is 1. The number of anilines is 1. The molecule has 2 N–H and O–H groups in total. The molecule has 1 heterocycles. The Balaban J connectivity index is 1.72. The topological polar surface area (TPSA) is 47.6 Å². The van der Waals surface area contributed by atoms with Crippen molar-refractivity contribution < 1.29 is 4.79 Å². The Labute approximate surface area is 160 Å². The number of benzene rings is 1. The van der Waals surface area contributed by atoms with Crippen molar-refractivity contribution in [2.24, 2.45) is 11.8 Å². The molecule has 0 unspecified atom stereocenters. The summed E-state index contributed by atoms with van der Waals surface area (Å²) >= 11 is 3.53. The number of carbonyl (C=O) groups is 1. The number of halogens is 1. The number of nitrogens with one attached hydrogen (secondary N) is 2. The van der Waals surface area contributed by atoms with Crippen LogP contribution in [-0.4, -0.2) is 57.2 Å². The SMILES string of the molecule is CC(C)[C@@H](CNC(=O)NC[C@H]1CCN(c2cccc(Br)c2)C1)N(C)C. The summed E-state index contributed by atoms with van der Waals surface area (Å²) in [6.45, 7) is 7.79. The van der Waals surface area contributed by atoms with Crippen LogP contribution in [0.1, 0.15) is 20.3 Å². The van der Waals surface area contributed by atoms with Gasteiger partial charge in [-0.1, -0.05) is 35.8 Å². The summed E-state index contributed by atoms with van der Waals surface area (Å²) in [4.78, 5) is 16.6. The van der Waals surface area contributed by atoms with E-state index in [1.807, 2.05) is 6.07 Å². The minimum absolute atomic E-state index is 0.0617. The maximum atomic E-state index is 12.1. The first-order valence-electron chi connectivity index (χ1n) is 9.05. The largest absolute Gasteiger partial charge is 0.371 e. The van der Waals surface area contributed by atoms with Crippen LogP contribution in [0.4, 0.5) is 10.5 Å². The molecule has 6 heteroatoms. The van der Waals surface area contributed by atoms with Crippen LogP contribution >= 0.6 is 15.9 Å². The number of rotatable bonds is 7. The third kappa shape index (κ3) is 6.19. The molecule has 0 aromatic heterocycles. The molecule has 1 aliphatic heterocycles. The summed E-state index contributed by atoms with van der Waals surface area (Å²) < 4.78 is 1.10. The molecule has 2 rings (SSSR count). The standard InChI is InChI=1S/C19H31BrN4O/c1-14(2)18(23(3)4)12-22-19(25)21-11-15-8-9-24(13-15)17-7-5-6-16(20)10-17/h5-7,10,14-15,18H,8-9,11-13H2,1-4H3,(H2,21,22,25)/t15-,18-/m1/s1. The molecule has 1 aromatic carbocycles. The molecule has 0 spiro atoms. The lowest BCUT2D eigenvalue weighted by Gasteiger charge is -2.28. The van der Waals surface area contributed by atoms with Crippen LogP contribution in [0.2, 0.25) is 0 Å². The minimum atomic E-state index is -0.0617. The van der Waals surface area contributed by atoms with Gasteiger partial charge in [-0.05, 0) is 50.6 Å². The zero-order valence-corrected chi connectivity index (χ0v) is 17.3. The van der Waals surface area contributed by atoms with E-state index in [0.717, 1.165) is 30.5 Å². The van der Waals surface area contributed by atoms with Gasteiger partial charge in [-0.3, -0.25) is 0 Å². The van der Waals surface area contributed by atoms with E-state index in [0.29, 0.717) is 24.4 Å². The zero-order valence-electron chi connectivity index (χ0n) is 15.8. The number of amides is 2. The minimum Gasteiger partial charge on any atom is -0.371 e. The fourth-order valence-electron chi connectivity index (χ4n) is 3.42. The monoisotopic (exact) mass is 410 g/mol. The van der Waals surface area contributed by atoms with E-state index >= 15 is 0 Å². The van der Waals surface area contributed by atoms with Crippen molar-refractivity contribution in [3.63, 3.8) is 0 Å². The van der Waals surface area contributed by atoms with Gasteiger partial charge in [0.25, 0.3) is 0 Å². The Morgan fingerprint density at radius 3 is 2.76 bits per heavy atom. The Morgan fingerprint density at radius 1 is 1.36 bits per heavy atom. The molecule has 1 aliphatic rings. The van der Waals surface area contributed by atoms with Crippen molar-refractivity contribution in [1.29, 1.82) is 0 Å². The predicted octanol–water partition coefficient (Wildman–Crippen LogP) is 3.16. The molecular formula is C19H31BrN4O. The number of carbonyl (C=O) groups excluding carboxylic acids is 1. The van der Waals surface area contributed by atoms with Crippen molar-refractivity contribution in [2.45, 2.75) is 26.3 Å². The second-order valence-electron chi connectivity index (χ2n) is 7.45. The van der Waals surface area contributed by atoms with E-state index < -0.39 is 0 Å². The van der Waals surface area contributed by atoms with E-state index in [2.05, 4.69) is 82.5 Å². The summed E-state index contributed by atoms with van der Waals surface area (Å²) in [5.41, 5.74) is 1.24. The summed E-state index contributed by atoms with van der Waals surface area (Å²) in [7, 11) is 4.11. The van der Waals surface area contributed by atoms with Crippen molar-refractivity contribution in [3.8, 4) is 0 Å². The van der Waals surface area contributed by atoms with Gasteiger partial charge in [0, 0.05) is 42.4 Å². The van der Waals surface area contributed by atoms with Crippen LogP contribution in [0.15, 0.2) is 28.7 Å². The van der Waals surface area contributed by atoms with Gasteiger partial charge < -0.3 is 20.4 Å². The smallest absolute Gasteiger partial charge is 0.314 e. The number of hydrogen-bond donors (Lipinski definition) is 2.